The van der Waals surface area contributed by atoms with Crippen molar-refractivity contribution in [1.29, 1.82) is 0 Å². The van der Waals surface area contributed by atoms with Gasteiger partial charge >= 0.3 is 0 Å². The molecule has 0 heterocycles. The molecule has 0 bridgehead atoms. The van der Waals surface area contributed by atoms with Crippen molar-refractivity contribution in [2.45, 2.75) is 50.8 Å². The van der Waals surface area contributed by atoms with Gasteiger partial charge in [-0.05, 0) is 45.2 Å². The molecule has 1 fully saturated rings. The first-order valence-corrected chi connectivity index (χ1v) is 6.84. The number of hydrogen-bond donors (Lipinski definition) is 1. The normalized spacial score (nSPS) is 26.2. The van der Waals surface area contributed by atoms with Crippen LogP contribution in [0.2, 0.25) is 0 Å². The Morgan fingerprint density at radius 3 is 2.33 bits per heavy atom. The number of rotatable bonds is 4. The highest BCUT2D eigenvalue weighted by molar-refractivity contribution is 5.18. The van der Waals surface area contributed by atoms with Crippen molar-refractivity contribution in [2.75, 3.05) is 7.05 Å². The average molecular weight is 248 g/mol. The smallest absolute Gasteiger partial charge is 0.0788 e. The number of nitrogens with zero attached hydrogens (tertiary/aromatic N) is 1. The lowest BCUT2D eigenvalue weighted by Crippen LogP contribution is -2.38. The molecule has 1 saturated carbocycles. The summed E-state index contributed by atoms with van der Waals surface area (Å²) < 4.78 is 0. The summed E-state index contributed by atoms with van der Waals surface area (Å²) in [5, 5.41) is 0. The molecule has 1 unspecified atom stereocenters. The Bertz CT molecular complexity index is 347. The summed E-state index contributed by atoms with van der Waals surface area (Å²) in [6.07, 6.45) is 4.77. The van der Waals surface area contributed by atoms with E-state index in [1.807, 2.05) is 0 Å². The Morgan fingerprint density at radius 1 is 1.17 bits per heavy atom. The fourth-order valence-corrected chi connectivity index (χ4v) is 2.87. The highest BCUT2D eigenvalue weighted by Gasteiger charge is 2.26. The van der Waals surface area contributed by atoms with Crippen molar-refractivity contribution in [1.82, 2.24) is 4.90 Å². The van der Waals surface area contributed by atoms with Gasteiger partial charge in [-0.2, -0.15) is 0 Å². The third-order valence-electron chi connectivity index (χ3n) is 4.31. The van der Waals surface area contributed by atoms with E-state index >= 15 is 0 Å². The maximum absolute atomic E-state index is 5.26. The Morgan fingerprint density at radius 2 is 1.78 bits per heavy atom. The standard InChI is InChI=1S/C15H24N2O/c1-12(13-6-4-3-5-7-13)17(2)14-8-10-15(18-16)11-9-14/h3-7,12,14-15H,8-11,16H2,1-2H3. The first-order valence-electron chi connectivity index (χ1n) is 6.84. The molecule has 3 nitrogen and oxygen atoms in total. The zero-order valence-electron chi connectivity index (χ0n) is 11.4. The second-order valence-electron chi connectivity index (χ2n) is 5.32. The van der Waals surface area contributed by atoms with Crippen LogP contribution in [0.3, 0.4) is 0 Å². The molecule has 0 radical (unpaired) electrons. The highest BCUT2D eigenvalue weighted by atomic mass is 16.6. The summed E-state index contributed by atoms with van der Waals surface area (Å²) in [7, 11) is 2.23. The van der Waals surface area contributed by atoms with Crippen molar-refractivity contribution in [3.63, 3.8) is 0 Å². The van der Waals surface area contributed by atoms with Gasteiger partial charge in [0.25, 0.3) is 0 Å². The molecule has 2 N–H and O–H groups in total. The van der Waals surface area contributed by atoms with Crippen LogP contribution in [-0.4, -0.2) is 24.1 Å². The third-order valence-corrected chi connectivity index (χ3v) is 4.31. The molecular weight excluding hydrogens is 224 g/mol. The van der Waals surface area contributed by atoms with Crippen LogP contribution in [0.1, 0.15) is 44.2 Å². The van der Waals surface area contributed by atoms with Crippen molar-refractivity contribution >= 4 is 0 Å². The molecule has 100 valence electrons. The molecule has 0 amide bonds. The van der Waals surface area contributed by atoms with E-state index < -0.39 is 0 Å². The minimum absolute atomic E-state index is 0.265. The molecule has 1 aromatic carbocycles. The van der Waals surface area contributed by atoms with Gasteiger partial charge in [-0.1, -0.05) is 30.3 Å². The monoisotopic (exact) mass is 248 g/mol. The van der Waals surface area contributed by atoms with Gasteiger partial charge in [0.15, 0.2) is 0 Å². The van der Waals surface area contributed by atoms with Crippen molar-refractivity contribution in [3.05, 3.63) is 35.9 Å². The molecule has 18 heavy (non-hydrogen) atoms. The predicted octanol–water partition coefficient (Wildman–Crippen LogP) is 2.88. The first-order chi connectivity index (χ1) is 8.72. The maximum Gasteiger partial charge on any atom is 0.0788 e. The summed E-state index contributed by atoms with van der Waals surface area (Å²) in [5.41, 5.74) is 1.39. The van der Waals surface area contributed by atoms with Gasteiger partial charge in [0.2, 0.25) is 0 Å². The van der Waals surface area contributed by atoms with Crippen molar-refractivity contribution < 1.29 is 4.84 Å². The number of hydrogen-bond acceptors (Lipinski definition) is 3. The SMILES string of the molecule is CC(c1ccccc1)N(C)C1CCC(ON)CC1. The fraction of sp³-hybridized carbons (Fsp3) is 0.600. The van der Waals surface area contributed by atoms with Crippen LogP contribution < -0.4 is 5.90 Å². The molecule has 3 heteroatoms. The maximum atomic E-state index is 5.26. The average Bonchev–Trinajstić information content (AvgIpc) is 2.47. The van der Waals surface area contributed by atoms with Crippen LogP contribution in [0, 0.1) is 0 Å². The topological polar surface area (TPSA) is 38.5 Å². The molecule has 1 aromatic rings. The lowest BCUT2D eigenvalue weighted by atomic mass is 9.91. The van der Waals surface area contributed by atoms with Crippen molar-refractivity contribution in [3.8, 4) is 0 Å². The third kappa shape index (κ3) is 3.10. The lowest BCUT2D eigenvalue weighted by Gasteiger charge is -2.37. The fourth-order valence-electron chi connectivity index (χ4n) is 2.87. The second kappa shape index (κ2) is 6.32. The van der Waals surface area contributed by atoms with Gasteiger partial charge in [-0.25, -0.2) is 5.90 Å². The van der Waals surface area contributed by atoms with Crippen LogP contribution in [0.5, 0.6) is 0 Å². The van der Waals surface area contributed by atoms with Crippen LogP contribution in [0.15, 0.2) is 30.3 Å². The van der Waals surface area contributed by atoms with Gasteiger partial charge in [0.05, 0.1) is 6.10 Å². The second-order valence-corrected chi connectivity index (χ2v) is 5.32. The van der Waals surface area contributed by atoms with E-state index in [0.717, 1.165) is 12.8 Å². The summed E-state index contributed by atoms with van der Waals surface area (Å²) in [6, 6.07) is 11.8. The van der Waals surface area contributed by atoms with Gasteiger partial charge in [0, 0.05) is 12.1 Å². The van der Waals surface area contributed by atoms with Gasteiger partial charge in [-0.3, -0.25) is 4.90 Å². The summed E-state index contributed by atoms with van der Waals surface area (Å²) in [4.78, 5) is 7.43. The minimum Gasteiger partial charge on any atom is -0.301 e. The molecule has 1 atom stereocenters. The van der Waals surface area contributed by atoms with Gasteiger partial charge < -0.3 is 4.84 Å². The van der Waals surface area contributed by atoms with Crippen LogP contribution >= 0.6 is 0 Å². The molecule has 0 aromatic heterocycles. The van der Waals surface area contributed by atoms with E-state index in [4.69, 9.17) is 10.7 Å². The zero-order chi connectivity index (χ0) is 13.0. The molecule has 0 spiro atoms. The van der Waals surface area contributed by atoms with E-state index in [1.54, 1.807) is 0 Å². The Hall–Kier alpha value is -0.900. The van der Waals surface area contributed by atoms with Crippen LogP contribution in [-0.2, 0) is 4.84 Å². The molecule has 0 saturated heterocycles. The number of nitrogens with two attached hydrogens (primary N) is 1. The predicted molar refractivity (Wildman–Crippen MR) is 73.9 cm³/mol. The molecule has 2 rings (SSSR count). The summed E-state index contributed by atoms with van der Waals surface area (Å²) in [6.45, 7) is 2.28. The van der Waals surface area contributed by atoms with E-state index in [1.165, 1.54) is 18.4 Å². The van der Waals surface area contributed by atoms with Crippen LogP contribution in [0.4, 0.5) is 0 Å². The summed E-state index contributed by atoms with van der Waals surface area (Å²) in [5.74, 6) is 5.26. The van der Waals surface area contributed by atoms with E-state index in [2.05, 4.69) is 49.2 Å². The van der Waals surface area contributed by atoms with E-state index in [-0.39, 0.29) is 6.10 Å². The van der Waals surface area contributed by atoms with Crippen molar-refractivity contribution in [2.24, 2.45) is 5.90 Å². The Balaban J connectivity index is 1.93. The van der Waals surface area contributed by atoms with E-state index in [9.17, 15) is 0 Å². The number of benzene rings is 1. The summed E-state index contributed by atoms with van der Waals surface area (Å²) >= 11 is 0. The highest BCUT2D eigenvalue weighted by Crippen LogP contribution is 2.29. The van der Waals surface area contributed by atoms with Crippen LogP contribution in [0.25, 0.3) is 0 Å². The lowest BCUT2D eigenvalue weighted by molar-refractivity contribution is 0.00484. The largest absolute Gasteiger partial charge is 0.301 e. The quantitative estimate of drug-likeness (QED) is 0.833. The molecule has 1 aliphatic carbocycles. The van der Waals surface area contributed by atoms with Gasteiger partial charge in [0.1, 0.15) is 0 Å². The minimum atomic E-state index is 0.265. The van der Waals surface area contributed by atoms with Gasteiger partial charge in [-0.15, -0.1) is 0 Å². The molecule has 1 aliphatic rings. The zero-order valence-corrected chi connectivity index (χ0v) is 11.4. The van der Waals surface area contributed by atoms with E-state index in [0.29, 0.717) is 12.1 Å². The molecule has 0 aliphatic heterocycles. The Kier molecular flexibility index (Phi) is 4.75. The first kappa shape index (κ1) is 13.5. The molecular formula is C15H24N2O. The Labute approximate surface area is 110 Å².